The molecule has 0 unspecified atom stereocenters. The van der Waals surface area contributed by atoms with Crippen LogP contribution in [0, 0.1) is 6.92 Å². The molecule has 0 saturated carbocycles. The Balaban J connectivity index is 2.21. The van der Waals surface area contributed by atoms with Crippen LogP contribution in [0.5, 0.6) is 0 Å². The Hall–Kier alpha value is -1.61. The summed E-state index contributed by atoms with van der Waals surface area (Å²) in [4.78, 5) is 11.8. The van der Waals surface area contributed by atoms with E-state index in [1.165, 1.54) is 0 Å². The van der Waals surface area contributed by atoms with Gasteiger partial charge in [0, 0.05) is 5.39 Å². The molecule has 0 radical (unpaired) electrons. The van der Waals surface area contributed by atoms with E-state index in [4.69, 9.17) is 9.15 Å². The lowest BCUT2D eigenvalue weighted by molar-refractivity contribution is 0.0564. The number of hydrogen-bond donors (Lipinski definition) is 0. The number of ketones is 1. The molecule has 0 amide bonds. The Bertz CT molecular complexity index is 537. The fourth-order valence-corrected chi connectivity index (χ4v) is 1.61. The molecule has 1 aromatic heterocycles. The van der Waals surface area contributed by atoms with E-state index in [-0.39, 0.29) is 18.5 Å². The van der Waals surface area contributed by atoms with Gasteiger partial charge in [0.15, 0.2) is 5.76 Å². The number of hydrogen-bond acceptors (Lipinski definition) is 3. The lowest BCUT2D eigenvalue weighted by atomic mass is 10.2. The van der Waals surface area contributed by atoms with Crippen molar-refractivity contribution in [3.63, 3.8) is 0 Å². The molecule has 1 heterocycles. The highest BCUT2D eigenvalue weighted by molar-refractivity contribution is 5.98. The zero-order chi connectivity index (χ0) is 12.4. The first-order valence-corrected chi connectivity index (χ1v) is 5.71. The minimum Gasteiger partial charge on any atom is -0.453 e. The third-order valence-electron chi connectivity index (χ3n) is 2.49. The summed E-state index contributed by atoms with van der Waals surface area (Å²) < 4.78 is 10.8. The topological polar surface area (TPSA) is 39.4 Å². The van der Waals surface area contributed by atoms with Crippen molar-refractivity contribution in [3.8, 4) is 0 Å². The van der Waals surface area contributed by atoms with Crippen molar-refractivity contribution in [1.82, 2.24) is 0 Å². The number of carbonyl (C=O) groups is 1. The SMILES string of the molecule is Cc1ccc2oc(C(=O)COC(C)C)cc2c1. The first-order valence-electron chi connectivity index (χ1n) is 5.71. The van der Waals surface area contributed by atoms with Crippen molar-refractivity contribution in [2.75, 3.05) is 6.61 Å². The maximum atomic E-state index is 11.8. The third-order valence-corrected chi connectivity index (χ3v) is 2.49. The van der Waals surface area contributed by atoms with Gasteiger partial charge in [-0.25, -0.2) is 0 Å². The van der Waals surface area contributed by atoms with E-state index in [9.17, 15) is 4.79 Å². The number of ether oxygens (including phenoxy) is 1. The van der Waals surface area contributed by atoms with Crippen molar-refractivity contribution >= 4 is 16.8 Å². The predicted molar refractivity (Wildman–Crippen MR) is 66.4 cm³/mol. The van der Waals surface area contributed by atoms with E-state index < -0.39 is 0 Å². The van der Waals surface area contributed by atoms with Gasteiger partial charge in [0.1, 0.15) is 12.2 Å². The molecule has 3 nitrogen and oxygen atoms in total. The van der Waals surface area contributed by atoms with Crippen molar-refractivity contribution in [3.05, 3.63) is 35.6 Å². The molecule has 0 aliphatic rings. The minimum atomic E-state index is -0.118. The molecule has 0 bridgehead atoms. The standard InChI is InChI=1S/C14H16O3/c1-9(2)16-8-12(15)14-7-11-6-10(3)4-5-13(11)17-14/h4-7,9H,8H2,1-3H3. The highest BCUT2D eigenvalue weighted by Gasteiger charge is 2.13. The molecule has 0 fully saturated rings. The minimum absolute atomic E-state index is 0.0468. The molecular weight excluding hydrogens is 216 g/mol. The van der Waals surface area contributed by atoms with Gasteiger partial charge in [0.05, 0.1) is 6.10 Å². The summed E-state index contributed by atoms with van der Waals surface area (Å²) >= 11 is 0. The van der Waals surface area contributed by atoms with E-state index in [0.29, 0.717) is 5.76 Å². The van der Waals surface area contributed by atoms with E-state index >= 15 is 0 Å². The van der Waals surface area contributed by atoms with Crippen LogP contribution in [0.4, 0.5) is 0 Å². The second-order valence-electron chi connectivity index (χ2n) is 4.43. The molecule has 1 aromatic carbocycles. The lowest BCUT2D eigenvalue weighted by Gasteiger charge is -2.04. The smallest absolute Gasteiger partial charge is 0.223 e. The van der Waals surface area contributed by atoms with Gasteiger partial charge < -0.3 is 9.15 Å². The molecule has 17 heavy (non-hydrogen) atoms. The van der Waals surface area contributed by atoms with Gasteiger partial charge >= 0.3 is 0 Å². The van der Waals surface area contributed by atoms with Crippen LogP contribution in [0.25, 0.3) is 11.0 Å². The van der Waals surface area contributed by atoms with Crippen molar-refractivity contribution < 1.29 is 13.9 Å². The average molecular weight is 232 g/mol. The van der Waals surface area contributed by atoms with Gasteiger partial charge in [-0.15, -0.1) is 0 Å². The van der Waals surface area contributed by atoms with Crippen LogP contribution in [0.3, 0.4) is 0 Å². The fourth-order valence-electron chi connectivity index (χ4n) is 1.61. The second-order valence-corrected chi connectivity index (χ2v) is 4.43. The van der Waals surface area contributed by atoms with Gasteiger partial charge in [-0.2, -0.15) is 0 Å². The van der Waals surface area contributed by atoms with Crippen molar-refractivity contribution in [2.45, 2.75) is 26.9 Å². The third kappa shape index (κ3) is 2.74. The summed E-state index contributed by atoms with van der Waals surface area (Å²) in [6.07, 6.45) is 0.0468. The Labute approximate surface area is 100 Å². The first kappa shape index (κ1) is 11.9. The monoisotopic (exact) mass is 232 g/mol. The molecule has 3 heteroatoms. The van der Waals surface area contributed by atoms with Crippen LogP contribution < -0.4 is 0 Å². The van der Waals surface area contributed by atoms with Crippen LogP contribution >= 0.6 is 0 Å². The van der Waals surface area contributed by atoms with Gasteiger partial charge in [-0.1, -0.05) is 11.6 Å². The van der Waals surface area contributed by atoms with E-state index in [0.717, 1.165) is 16.5 Å². The molecule has 90 valence electrons. The van der Waals surface area contributed by atoms with E-state index in [1.54, 1.807) is 6.07 Å². The van der Waals surface area contributed by atoms with Gasteiger partial charge in [-0.05, 0) is 39.0 Å². The first-order chi connectivity index (χ1) is 8.06. The number of fused-ring (bicyclic) bond motifs is 1. The highest BCUT2D eigenvalue weighted by atomic mass is 16.5. The molecule has 0 aliphatic carbocycles. The summed E-state index contributed by atoms with van der Waals surface area (Å²) in [7, 11) is 0. The lowest BCUT2D eigenvalue weighted by Crippen LogP contribution is -2.12. The number of carbonyl (C=O) groups excluding carboxylic acids is 1. The second kappa shape index (κ2) is 4.72. The van der Waals surface area contributed by atoms with E-state index in [2.05, 4.69) is 0 Å². The van der Waals surface area contributed by atoms with Gasteiger partial charge in [0.2, 0.25) is 5.78 Å². The number of rotatable bonds is 4. The normalized spacial score (nSPS) is 11.3. The maximum absolute atomic E-state index is 11.8. The summed E-state index contributed by atoms with van der Waals surface area (Å²) in [6.45, 7) is 5.87. The highest BCUT2D eigenvalue weighted by Crippen LogP contribution is 2.21. The van der Waals surface area contributed by atoms with Crippen LogP contribution in [-0.4, -0.2) is 18.5 Å². The van der Waals surface area contributed by atoms with Crippen LogP contribution in [0.1, 0.15) is 30.0 Å². The molecule has 2 rings (SSSR count). The zero-order valence-corrected chi connectivity index (χ0v) is 10.3. The predicted octanol–water partition coefficient (Wildman–Crippen LogP) is 3.35. The summed E-state index contributed by atoms with van der Waals surface area (Å²) in [5.41, 5.74) is 1.89. The van der Waals surface area contributed by atoms with Crippen molar-refractivity contribution in [2.24, 2.45) is 0 Å². The van der Waals surface area contributed by atoms with Crippen LogP contribution in [-0.2, 0) is 4.74 Å². The Kier molecular flexibility index (Phi) is 3.29. The average Bonchev–Trinajstić information content (AvgIpc) is 2.68. The van der Waals surface area contributed by atoms with Gasteiger partial charge in [0.25, 0.3) is 0 Å². The van der Waals surface area contributed by atoms with E-state index in [1.807, 2.05) is 39.0 Å². The molecule has 0 atom stereocenters. The number of furan rings is 1. The summed E-state index contributed by atoms with van der Waals surface area (Å²) in [6, 6.07) is 7.61. The molecule has 0 N–H and O–H groups in total. The Morgan fingerprint density at radius 1 is 1.35 bits per heavy atom. The summed E-state index contributed by atoms with van der Waals surface area (Å²) in [5, 5.41) is 0.956. The van der Waals surface area contributed by atoms with Crippen LogP contribution in [0.2, 0.25) is 0 Å². The molecule has 0 spiro atoms. The molecule has 0 saturated heterocycles. The number of aryl methyl sites for hydroxylation is 1. The fraction of sp³-hybridized carbons (Fsp3) is 0.357. The maximum Gasteiger partial charge on any atom is 0.223 e. The Morgan fingerprint density at radius 3 is 2.82 bits per heavy atom. The van der Waals surface area contributed by atoms with Crippen LogP contribution in [0.15, 0.2) is 28.7 Å². The quantitative estimate of drug-likeness (QED) is 0.759. The molecular formula is C14H16O3. The largest absolute Gasteiger partial charge is 0.453 e. The van der Waals surface area contributed by atoms with Crippen molar-refractivity contribution in [1.29, 1.82) is 0 Å². The molecule has 0 aliphatic heterocycles. The zero-order valence-electron chi connectivity index (χ0n) is 10.3. The summed E-state index contributed by atoms with van der Waals surface area (Å²) in [5.74, 6) is 0.249. The Morgan fingerprint density at radius 2 is 2.12 bits per heavy atom. The van der Waals surface area contributed by atoms with Gasteiger partial charge in [-0.3, -0.25) is 4.79 Å². The molecule has 2 aromatic rings. The number of Topliss-reactive ketones (excluding diaryl/α,β-unsaturated/α-hetero) is 1. The number of benzene rings is 1.